The molecule has 0 radical (unpaired) electrons. The summed E-state index contributed by atoms with van der Waals surface area (Å²) >= 11 is 0. The Labute approximate surface area is 140 Å². The number of nitrogen functional groups attached to an aromatic ring is 1. The Bertz CT molecular complexity index is 729. The largest absolute Gasteiger partial charge is 0.462 e. The van der Waals surface area contributed by atoms with Gasteiger partial charge >= 0.3 is 5.97 Å². The number of rotatable bonds is 5. The molecule has 3 rings (SSSR count). The standard InChI is InChI=1S/C17H21N5O2/c1-2-24-17(23)12-7-3-4-8-13(12)21-15-14(18)16(20-11-19-15)22-9-5-6-10-22/h3-4,7-8,11H,2,5-6,9-10,18H2,1H3,(H,19,20,21). The van der Waals surface area contributed by atoms with E-state index in [2.05, 4.69) is 20.2 Å². The number of aromatic nitrogens is 2. The monoisotopic (exact) mass is 327 g/mol. The van der Waals surface area contributed by atoms with E-state index in [1.54, 1.807) is 25.1 Å². The topological polar surface area (TPSA) is 93.4 Å². The number of anilines is 4. The summed E-state index contributed by atoms with van der Waals surface area (Å²) in [4.78, 5) is 22.8. The predicted octanol–water partition coefficient (Wildman–Crippen LogP) is 2.58. The molecule has 1 aliphatic heterocycles. The van der Waals surface area contributed by atoms with Gasteiger partial charge < -0.3 is 20.7 Å². The fourth-order valence-corrected chi connectivity index (χ4v) is 2.77. The molecule has 24 heavy (non-hydrogen) atoms. The number of hydrogen-bond donors (Lipinski definition) is 2. The fourth-order valence-electron chi connectivity index (χ4n) is 2.77. The van der Waals surface area contributed by atoms with Gasteiger partial charge in [-0.2, -0.15) is 0 Å². The Morgan fingerprint density at radius 3 is 2.79 bits per heavy atom. The van der Waals surface area contributed by atoms with Gasteiger partial charge in [0.2, 0.25) is 0 Å². The molecule has 0 saturated carbocycles. The van der Waals surface area contributed by atoms with E-state index in [1.165, 1.54) is 6.33 Å². The van der Waals surface area contributed by atoms with Crippen molar-refractivity contribution in [3.63, 3.8) is 0 Å². The lowest BCUT2D eigenvalue weighted by Gasteiger charge is -2.20. The van der Waals surface area contributed by atoms with Crippen molar-refractivity contribution in [2.45, 2.75) is 19.8 Å². The van der Waals surface area contributed by atoms with Crippen LogP contribution in [0.15, 0.2) is 30.6 Å². The van der Waals surface area contributed by atoms with Crippen molar-refractivity contribution in [2.24, 2.45) is 0 Å². The molecule has 1 fully saturated rings. The molecule has 0 aliphatic carbocycles. The zero-order valence-corrected chi connectivity index (χ0v) is 13.7. The van der Waals surface area contributed by atoms with Crippen LogP contribution in [0.2, 0.25) is 0 Å². The second-order valence-electron chi connectivity index (χ2n) is 5.54. The first kappa shape index (κ1) is 16.0. The number of nitrogens with two attached hydrogens (primary N) is 1. The molecule has 2 aromatic rings. The third-order valence-corrected chi connectivity index (χ3v) is 3.94. The number of esters is 1. The maximum Gasteiger partial charge on any atom is 0.340 e. The molecule has 0 unspecified atom stereocenters. The molecule has 2 heterocycles. The Morgan fingerprint density at radius 2 is 2.04 bits per heavy atom. The summed E-state index contributed by atoms with van der Waals surface area (Å²) in [5, 5.41) is 3.14. The first-order chi connectivity index (χ1) is 11.7. The average Bonchev–Trinajstić information content (AvgIpc) is 3.12. The SMILES string of the molecule is CCOC(=O)c1ccccc1Nc1ncnc(N2CCCC2)c1N. The van der Waals surface area contributed by atoms with E-state index in [4.69, 9.17) is 10.5 Å². The molecular weight excluding hydrogens is 306 g/mol. The molecule has 0 atom stereocenters. The highest BCUT2D eigenvalue weighted by molar-refractivity contribution is 5.97. The first-order valence-corrected chi connectivity index (χ1v) is 8.09. The maximum atomic E-state index is 12.1. The molecule has 1 aliphatic rings. The van der Waals surface area contributed by atoms with Crippen LogP contribution in [0.4, 0.5) is 23.0 Å². The van der Waals surface area contributed by atoms with Crippen LogP contribution in [0.3, 0.4) is 0 Å². The van der Waals surface area contributed by atoms with E-state index in [0.29, 0.717) is 29.4 Å². The van der Waals surface area contributed by atoms with Crippen molar-refractivity contribution in [1.82, 2.24) is 9.97 Å². The van der Waals surface area contributed by atoms with Crippen molar-refractivity contribution in [2.75, 3.05) is 35.6 Å². The maximum absolute atomic E-state index is 12.1. The van der Waals surface area contributed by atoms with Gasteiger partial charge in [-0.1, -0.05) is 12.1 Å². The number of benzene rings is 1. The molecule has 7 nitrogen and oxygen atoms in total. The van der Waals surface area contributed by atoms with Crippen molar-refractivity contribution in [3.8, 4) is 0 Å². The summed E-state index contributed by atoms with van der Waals surface area (Å²) in [6.45, 7) is 3.99. The van der Waals surface area contributed by atoms with Gasteiger partial charge in [0, 0.05) is 13.1 Å². The minimum absolute atomic E-state index is 0.321. The summed E-state index contributed by atoms with van der Waals surface area (Å²) in [5.41, 5.74) is 7.78. The zero-order valence-electron chi connectivity index (χ0n) is 13.7. The van der Waals surface area contributed by atoms with E-state index in [1.807, 2.05) is 6.07 Å². The van der Waals surface area contributed by atoms with Gasteiger partial charge in [0.25, 0.3) is 0 Å². The highest BCUT2D eigenvalue weighted by atomic mass is 16.5. The van der Waals surface area contributed by atoms with E-state index >= 15 is 0 Å². The summed E-state index contributed by atoms with van der Waals surface area (Å²) in [5.74, 6) is 0.843. The molecule has 0 spiro atoms. The third-order valence-electron chi connectivity index (χ3n) is 3.94. The van der Waals surface area contributed by atoms with Gasteiger partial charge in [-0.05, 0) is 31.9 Å². The van der Waals surface area contributed by atoms with Crippen LogP contribution in [0.25, 0.3) is 0 Å². The number of para-hydroxylation sites is 1. The van der Waals surface area contributed by atoms with Crippen LogP contribution < -0.4 is 16.0 Å². The number of hydrogen-bond acceptors (Lipinski definition) is 7. The van der Waals surface area contributed by atoms with Crippen LogP contribution >= 0.6 is 0 Å². The van der Waals surface area contributed by atoms with Crippen LogP contribution in [0, 0.1) is 0 Å². The van der Waals surface area contributed by atoms with Gasteiger partial charge in [0.05, 0.1) is 17.9 Å². The lowest BCUT2D eigenvalue weighted by atomic mass is 10.2. The zero-order chi connectivity index (χ0) is 16.9. The Kier molecular flexibility index (Phi) is 4.79. The third kappa shape index (κ3) is 3.24. The van der Waals surface area contributed by atoms with Gasteiger partial charge in [-0.3, -0.25) is 0 Å². The Morgan fingerprint density at radius 1 is 1.29 bits per heavy atom. The summed E-state index contributed by atoms with van der Waals surface area (Å²) in [7, 11) is 0. The van der Waals surface area contributed by atoms with Crippen molar-refractivity contribution in [3.05, 3.63) is 36.2 Å². The molecule has 3 N–H and O–H groups in total. The van der Waals surface area contributed by atoms with Gasteiger partial charge in [-0.15, -0.1) is 0 Å². The lowest BCUT2D eigenvalue weighted by molar-refractivity contribution is 0.0527. The number of nitrogens with one attached hydrogen (secondary N) is 1. The van der Waals surface area contributed by atoms with E-state index in [9.17, 15) is 4.79 Å². The number of nitrogens with zero attached hydrogens (tertiary/aromatic N) is 3. The average molecular weight is 327 g/mol. The molecule has 7 heteroatoms. The second-order valence-corrected chi connectivity index (χ2v) is 5.54. The van der Waals surface area contributed by atoms with Crippen LogP contribution in [-0.4, -0.2) is 35.6 Å². The minimum Gasteiger partial charge on any atom is -0.462 e. The summed E-state index contributed by atoms with van der Waals surface area (Å²) in [6.07, 6.45) is 3.76. The number of ether oxygens (including phenoxy) is 1. The van der Waals surface area contributed by atoms with Crippen LogP contribution in [0.5, 0.6) is 0 Å². The smallest absolute Gasteiger partial charge is 0.340 e. The van der Waals surface area contributed by atoms with Gasteiger partial charge in [0.15, 0.2) is 11.6 Å². The lowest BCUT2D eigenvalue weighted by Crippen LogP contribution is -2.21. The fraction of sp³-hybridized carbons (Fsp3) is 0.353. The highest BCUT2D eigenvalue weighted by Crippen LogP contribution is 2.31. The molecule has 0 amide bonds. The van der Waals surface area contributed by atoms with Crippen LogP contribution in [-0.2, 0) is 4.74 Å². The Balaban J connectivity index is 1.89. The summed E-state index contributed by atoms with van der Waals surface area (Å²) < 4.78 is 5.09. The molecule has 1 aromatic carbocycles. The van der Waals surface area contributed by atoms with Gasteiger partial charge in [0.1, 0.15) is 12.0 Å². The molecule has 0 bridgehead atoms. The van der Waals surface area contributed by atoms with Crippen LogP contribution in [0.1, 0.15) is 30.1 Å². The quantitative estimate of drug-likeness (QED) is 0.815. The number of carbonyl (C=O) groups is 1. The first-order valence-electron chi connectivity index (χ1n) is 8.09. The second kappa shape index (κ2) is 7.16. The Hall–Kier alpha value is -2.83. The van der Waals surface area contributed by atoms with Gasteiger partial charge in [-0.25, -0.2) is 14.8 Å². The van der Waals surface area contributed by atoms with Crippen molar-refractivity contribution < 1.29 is 9.53 Å². The van der Waals surface area contributed by atoms with Crippen molar-refractivity contribution >= 4 is 29.0 Å². The highest BCUT2D eigenvalue weighted by Gasteiger charge is 2.19. The molecule has 1 aromatic heterocycles. The predicted molar refractivity (Wildman–Crippen MR) is 93.6 cm³/mol. The van der Waals surface area contributed by atoms with E-state index < -0.39 is 0 Å². The molecular formula is C17H21N5O2. The minimum atomic E-state index is -0.381. The molecule has 1 saturated heterocycles. The summed E-state index contributed by atoms with van der Waals surface area (Å²) in [6, 6.07) is 7.13. The normalized spacial score (nSPS) is 13.8. The number of carbonyl (C=O) groups excluding carboxylic acids is 1. The van der Waals surface area contributed by atoms with Crippen molar-refractivity contribution in [1.29, 1.82) is 0 Å². The van der Waals surface area contributed by atoms with E-state index in [0.717, 1.165) is 31.7 Å². The molecule has 126 valence electrons. The van der Waals surface area contributed by atoms with E-state index in [-0.39, 0.29) is 5.97 Å².